The summed E-state index contributed by atoms with van der Waals surface area (Å²) in [7, 11) is -4.46. The number of sulfone groups is 1. The van der Waals surface area contributed by atoms with Crippen LogP contribution in [0, 0.1) is 0 Å². The molecule has 0 bridgehead atoms. The third-order valence-corrected chi connectivity index (χ3v) is 4.77. The van der Waals surface area contributed by atoms with Gasteiger partial charge in [-0.05, 0) is 30.7 Å². The Morgan fingerprint density at radius 3 is 2.52 bits per heavy atom. The van der Waals surface area contributed by atoms with Crippen molar-refractivity contribution in [2.75, 3.05) is 19.6 Å². The summed E-state index contributed by atoms with van der Waals surface area (Å²) in [5.41, 5.74) is 1.73. The minimum Gasteiger partial charge on any atom is -0.348 e. The lowest BCUT2D eigenvalue weighted by atomic mass is 10.1. The number of alkyl halides is 2. The lowest BCUT2D eigenvalue weighted by Gasteiger charge is -2.14. The van der Waals surface area contributed by atoms with Crippen molar-refractivity contribution < 1.29 is 22.0 Å². The minimum atomic E-state index is -4.46. The Morgan fingerprint density at radius 2 is 1.96 bits per heavy atom. The SMILES string of the molecule is O=C(NCC1=CCNCC1)c1ccc(CS(=O)(=O)C(F)F)cc1. The molecule has 126 valence electrons. The molecule has 0 atom stereocenters. The van der Waals surface area contributed by atoms with Crippen molar-refractivity contribution in [1.29, 1.82) is 0 Å². The number of benzene rings is 1. The zero-order valence-corrected chi connectivity index (χ0v) is 13.2. The highest BCUT2D eigenvalue weighted by Gasteiger charge is 2.24. The summed E-state index contributed by atoms with van der Waals surface area (Å²) in [6.07, 6.45) is 2.91. The molecule has 0 aromatic heterocycles. The van der Waals surface area contributed by atoms with E-state index in [0.29, 0.717) is 12.1 Å². The normalized spacial score (nSPS) is 15.3. The topological polar surface area (TPSA) is 75.3 Å². The summed E-state index contributed by atoms with van der Waals surface area (Å²) in [4.78, 5) is 12.0. The lowest BCUT2D eigenvalue weighted by molar-refractivity contribution is 0.0956. The van der Waals surface area contributed by atoms with Gasteiger partial charge in [0.1, 0.15) is 0 Å². The smallest absolute Gasteiger partial charge is 0.337 e. The second-order valence-electron chi connectivity index (χ2n) is 5.26. The summed E-state index contributed by atoms with van der Waals surface area (Å²) >= 11 is 0. The van der Waals surface area contributed by atoms with E-state index in [1.54, 1.807) is 0 Å². The van der Waals surface area contributed by atoms with Gasteiger partial charge in [-0.3, -0.25) is 4.79 Å². The first-order chi connectivity index (χ1) is 10.9. The maximum absolute atomic E-state index is 12.3. The maximum atomic E-state index is 12.3. The summed E-state index contributed by atoms with van der Waals surface area (Å²) < 4.78 is 47.0. The number of carbonyl (C=O) groups excluding carboxylic acids is 1. The highest BCUT2D eigenvalue weighted by molar-refractivity contribution is 7.90. The number of hydrogen-bond acceptors (Lipinski definition) is 4. The van der Waals surface area contributed by atoms with E-state index < -0.39 is 21.3 Å². The third-order valence-electron chi connectivity index (χ3n) is 3.49. The van der Waals surface area contributed by atoms with Gasteiger partial charge in [0.2, 0.25) is 9.84 Å². The van der Waals surface area contributed by atoms with Crippen molar-refractivity contribution in [1.82, 2.24) is 10.6 Å². The molecule has 1 aromatic carbocycles. The fraction of sp³-hybridized carbons (Fsp3) is 0.400. The van der Waals surface area contributed by atoms with Crippen LogP contribution >= 0.6 is 0 Å². The molecule has 1 aromatic rings. The molecule has 23 heavy (non-hydrogen) atoms. The molecule has 2 N–H and O–H groups in total. The molecule has 2 rings (SSSR count). The highest BCUT2D eigenvalue weighted by Crippen LogP contribution is 2.14. The minimum absolute atomic E-state index is 0.225. The average molecular weight is 344 g/mol. The number of halogens is 2. The average Bonchev–Trinajstić information content (AvgIpc) is 2.54. The molecule has 8 heteroatoms. The summed E-state index contributed by atoms with van der Waals surface area (Å²) in [6, 6.07) is 5.61. The van der Waals surface area contributed by atoms with Crippen LogP contribution in [-0.4, -0.2) is 39.7 Å². The second-order valence-corrected chi connectivity index (χ2v) is 7.23. The predicted octanol–water partition coefficient (Wildman–Crippen LogP) is 1.47. The Morgan fingerprint density at radius 1 is 1.26 bits per heavy atom. The zero-order valence-electron chi connectivity index (χ0n) is 12.4. The molecular formula is C15H18F2N2O3S. The van der Waals surface area contributed by atoms with Crippen LogP contribution in [0.1, 0.15) is 22.3 Å². The third kappa shape index (κ3) is 5.11. The van der Waals surface area contributed by atoms with Crippen molar-refractivity contribution >= 4 is 15.7 Å². The zero-order chi connectivity index (χ0) is 16.9. The van der Waals surface area contributed by atoms with Gasteiger partial charge in [0.25, 0.3) is 5.91 Å². The molecular weight excluding hydrogens is 326 g/mol. The van der Waals surface area contributed by atoms with E-state index >= 15 is 0 Å². The molecule has 0 saturated heterocycles. The summed E-state index contributed by atoms with van der Waals surface area (Å²) in [5, 5.41) is 5.96. The van der Waals surface area contributed by atoms with Gasteiger partial charge < -0.3 is 10.6 Å². The molecule has 0 fully saturated rings. The lowest BCUT2D eigenvalue weighted by Crippen LogP contribution is -2.29. The van der Waals surface area contributed by atoms with E-state index in [9.17, 15) is 22.0 Å². The first-order valence-electron chi connectivity index (χ1n) is 7.14. The number of nitrogens with one attached hydrogen (secondary N) is 2. The standard InChI is InChI=1S/C15H18F2N2O3S/c16-15(17)23(21,22)10-12-1-3-13(4-2-12)14(20)19-9-11-5-7-18-8-6-11/h1-5,15,18H,6-10H2,(H,19,20). The van der Waals surface area contributed by atoms with Crippen molar-refractivity contribution in [3.63, 3.8) is 0 Å². The number of carbonyl (C=O) groups is 1. The first-order valence-corrected chi connectivity index (χ1v) is 8.85. The monoisotopic (exact) mass is 344 g/mol. The molecule has 1 amide bonds. The van der Waals surface area contributed by atoms with Crippen LogP contribution in [0.15, 0.2) is 35.9 Å². The molecule has 1 aliphatic heterocycles. The van der Waals surface area contributed by atoms with Gasteiger partial charge in [-0.1, -0.05) is 23.8 Å². The van der Waals surface area contributed by atoms with Gasteiger partial charge in [-0.15, -0.1) is 0 Å². The fourth-order valence-electron chi connectivity index (χ4n) is 2.17. The van der Waals surface area contributed by atoms with E-state index in [1.807, 2.05) is 6.08 Å². The van der Waals surface area contributed by atoms with Crippen molar-refractivity contribution in [2.24, 2.45) is 0 Å². The van der Waals surface area contributed by atoms with Gasteiger partial charge in [-0.25, -0.2) is 8.42 Å². The highest BCUT2D eigenvalue weighted by atomic mass is 32.2. The maximum Gasteiger partial charge on any atom is 0.337 e. The number of hydrogen-bond donors (Lipinski definition) is 2. The Labute approximate surface area is 133 Å². The molecule has 0 spiro atoms. The molecule has 1 aliphatic rings. The van der Waals surface area contributed by atoms with E-state index in [2.05, 4.69) is 10.6 Å². The quantitative estimate of drug-likeness (QED) is 0.767. The molecule has 0 saturated carbocycles. The van der Waals surface area contributed by atoms with E-state index in [1.165, 1.54) is 24.3 Å². The van der Waals surface area contributed by atoms with Crippen LogP contribution in [0.3, 0.4) is 0 Å². The van der Waals surface area contributed by atoms with Crippen molar-refractivity contribution in [3.8, 4) is 0 Å². The van der Waals surface area contributed by atoms with Crippen LogP contribution in [0.2, 0.25) is 0 Å². The first kappa shape index (κ1) is 17.6. The molecule has 5 nitrogen and oxygen atoms in total. The fourth-order valence-corrected chi connectivity index (χ4v) is 2.96. The molecule has 1 heterocycles. The van der Waals surface area contributed by atoms with E-state index in [-0.39, 0.29) is 11.5 Å². The summed E-state index contributed by atoms with van der Waals surface area (Å²) in [6.45, 7) is 2.13. The molecule has 0 unspecified atom stereocenters. The Balaban J connectivity index is 1.93. The van der Waals surface area contributed by atoms with Crippen LogP contribution in [0.5, 0.6) is 0 Å². The number of amides is 1. The molecule has 0 radical (unpaired) electrons. The Hall–Kier alpha value is -1.80. The van der Waals surface area contributed by atoms with Crippen molar-refractivity contribution in [3.05, 3.63) is 47.0 Å². The number of rotatable bonds is 6. The van der Waals surface area contributed by atoms with E-state index in [4.69, 9.17) is 0 Å². The Kier molecular flexibility index (Phi) is 5.84. The van der Waals surface area contributed by atoms with Crippen LogP contribution in [0.4, 0.5) is 8.78 Å². The van der Waals surface area contributed by atoms with Crippen molar-refractivity contribution in [2.45, 2.75) is 17.9 Å². The van der Waals surface area contributed by atoms with Gasteiger partial charge >= 0.3 is 5.76 Å². The van der Waals surface area contributed by atoms with Crippen LogP contribution in [-0.2, 0) is 15.6 Å². The van der Waals surface area contributed by atoms with E-state index in [0.717, 1.165) is 25.1 Å². The van der Waals surface area contributed by atoms with Gasteiger partial charge in [-0.2, -0.15) is 8.78 Å². The van der Waals surface area contributed by atoms with Gasteiger partial charge in [0.15, 0.2) is 0 Å². The largest absolute Gasteiger partial charge is 0.348 e. The Bertz CT molecular complexity index is 685. The van der Waals surface area contributed by atoms with Crippen LogP contribution < -0.4 is 10.6 Å². The molecule has 0 aliphatic carbocycles. The van der Waals surface area contributed by atoms with Gasteiger partial charge in [0.05, 0.1) is 5.75 Å². The summed E-state index contributed by atoms with van der Waals surface area (Å²) in [5.74, 6) is -4.43. The van der Waals surface area contributed by atoms with Gasteiger partial charge in [0, 0.05) is 18.7 Å². The van der Waals surface area contributed by atoms with Crippen LogP contribution in [0.25, 0.3) is 0 Å². The second kappa shape index (κ2) is 7.65. The predicted molar refractivity (Wildman–Crippen MR) is 83.0 cm³/mol.